The fraction of sp³-hybridized carbons (Fsp3) is 0.231. The first-order valence-electron chi connectivity index (χ1n) is 5.51. The van der Waals surface area contributed by atoms with E-state index < -0.39 is 0 Å². The van der Waals surface area contributed by atoms with Crippen molar-refractivity contribution < 1.29 is 0 Å². The topological polar surface area (TPSA) is 46.9 Å². The Kier molecular flexibility index (Phi) is 3.23. The molecule has 0 fully saturated rings. The van der Waals surface area contributed by atoms with Crippen molar-refractivity contribution in [3.05, 3.63) is 58.1 Å². The molecule has 0 saturated heterocycles. The highest BCUT2D eigenvalue weighted by atomic mass is 16.1. The van der Waals surface area contributed by atoms with Crippen LogP contribution in [-0.2, 0) is 6.54 Å². The van der Waals surface area contributed by atoms with Gasteiger partial charge in [-0.05, 0) is 18.6 Å². The standard InChI is InChI=1S/C13H15N3O/c1-10-8-12(14-2)15-13(17)16(10)9-11-6-4-3-5-7-11/h3-8H,9H2,1-2H3,(H,14,15,17). The van der Waals surface area contributed by atoms with E-state index in [-0.39, 0.29) is 5.69 Å². The van der Waals surface area contributed by atoms with Crippen molar-refractivity contribution in [3.8, 4) is 0 Å². The van der Waals surface area contributed by atoms with Crippen LogP contribution >= 0.6 is 0 Å². The summed E-state index contributed by atoms with van der Waals surface area (Å²) in [4.78, 5) is 15.8. The highest BCUT2D eigenvalue weighted by molar-refractivity contribution is 5.34. The van der Waals surface area contributed by atoms with Crippen LogP contribution in [0.4, 0.5) is 5.82 Å². The normalized spacial score (nSPS) is 10.2. The van der Waals surface area contributed by atoms with Gasteiger partial charge >= 0.3 is 5.69 Å². The first kappa shape index (κ1) is 11.4. The van der Waals surface area contributed by atoms with Crippen molar-refractivity contribution in [2.24, 2.45) is 0 Å². The third-order valence-corrected chi connectivity index (χ3v) is 2.66. The van der Waals surface area contributed by atoms with Gasteiger partial charge in [0.15, 0.2) is 0 Å². The van der Waals surface area contributed by atoms with E-state index in [1.54, 1.807) is 11.6 Å². The van der Waals surface area contributed by atoms with E-state index >= 15 is 0 Å². The van der Waals surface area contributed by atoms with Gasteiger partial charge in [0, 0.05) is 12.7 Å². The minimum atomic E-state index is -0.224. The summed E-state index contributed by atoms with van der Waals surface area (Å²) in [5.41, 5.74) is 1.77. The summed E-state index contributed by atoms with van der Waals surface area (Å²) in [5.74, 6) is 0.608. The number of hydrogen-bond acceptors (Lipinski definition) is 3. The highest BCUT2D eigenvalue weighted by Crippen LogP contribution is 2.06. The van der Waals surface area contributed by atoms with Crippen LogP contribution in [0.25, 0.3) is 0 Å². The van der Waals surface area contributed by atoms with Crippen LogP contribution in [0.15, 0.2) is 41.2 Å². The van der Waals surface area contributed by atoms with Crippen molar-refractivity contribution in [1.82, 2.24) is 9.55 Å². The molecule has 1 N–H and O–H groups in total. The fourth-order valence-electron chi connectivity index (χ4n) is 1.71. The van der Waals surface area contributed by atoms with Crippen molar-refractivity contribution in [2.75, 3.05) is 12.4 Å². The summed E-state index contributed by atoms with van der Waals surface area (Å²) in [6.07, 6.45) is 0. The summed E-state index contributed by atoms with van der Waals surface area (Å²) in [6.45, 7) is 2.47. The Labute approximate surface area is 99.9 Å². The van der Waals surface area contributed by atoms with Gasteiger partial charge in [0.25, 0.3) is 0 Å². The lowest BCUT2D eigenvalue weighted by molar-refractivity contribution is 0.702. The van der Waals surface area contributed by atoms with E-state index in [4.69, 9.17) is 0 Å². The number of aryl methyl sites for hydroxylation is 1. The Morgan fingerprint density at radius 2 is 2.00 bits per heavy atom. The van der Waals surface area contributed by atoms with Gasteiger partial charge in [-0.3, -0.25) is 4.57 Å². The Morgan fingerprint density at radius 1 is 1.29 bits per heavy atom. The number of nitrogens with one attached hydrogen (secondary N) is 1. The van der Waals surface area contributed by atoms with Crippen LogP contribution in [0.5, 0.6) is 0 Å². The third-order valence-electron chi connectivity index (χ3n) is 2.66. The monoisotopic (exact) mass is 229 g/mol. The molecule has 0 aliphatic heterocycles. The van der Waals surface area contributed by atoms with E-state index in [1.807, 2.05) is 43.3 Å². The van der Waals surface area contributed by atoms with Crippen LogP contribution in [0, 0.1) is 6.92 Å². The van der Waals surface area contributed by atoms with Gasteiger partial charge < -0.3 is 5.32 Å². The maximum absolute atomic E-state index is 11.8. The van der Waals surface area contributed by atoms with Gasteiger partial charge in [0.05, 0.1) is 6.54 Å². The van der Waals surface area contributed by atoms with Gasteiger partial charge in [0.1, 0.15) is 5.82 Å². The average Bonchev–Trinajstić information content (AvgIpc) is 2.35. The number of anilines is 1. The summed E-state index contributed by atoms with van der Waals surface area (Å²) < 4.78 is 1.66. The van der Waals surface area contributed by atoms with Gasteiger partial charge in [-0.25, -0.2) is 4.79 Å². The van der Waals surface area contributed by atoms with E-state index in [2.05, 4.69) is 10.3 Å². The zero-order valence-electron chi connectivity index (χ0n) is 9.97. The molecule has 2 aromatic rings. The summed E-state index contributed by atoms with van der Waals surface area (Å²) in [5, 5.41) is 2.88. The van der Waals surface area contributed by atoms with Crippen molar-refractivity contribution in [2.45, 2.75) is 13.5 Å². The summed E-state index contributed by atoms with van der Waals surface area (Å²) in [6, 6.07) is 11.7. The molecule has 88 valence electrons. The Morgan fingerprint density at radius 3 is 2.59 bits per heavy atom. The number of benzene rings is 1. The summed E-state index contributed by atoms with van der Waals surface area (Å²) in [7, 11) is 1.75. The molecule has 0 spiro atoms. The zero-order valence-corrected chi connectivity index (χ0v) is 9.97. The van der Waals surface area contributed by atoms with E-state index in [9.17, 15) is 4.79 Å². The first-order chi connectivity index (χ1) is 8.20. The van der Waals surface area contributed by atoms with Crippen molar-refractivity contribution in [1.29, 1.82) is 0 Å². The third kappa shape index (κ3) is 2.53. The molecule has 1 aromatic carbocycles. The molecule has 4 nitrogen and oxygen atoms in total. The average molecular weight is 229 g/mol. The molecule has 0 amide bonds. The van der Waals surface area contributed by atoms with Crippen LogP contribution in [0.1, 0.15) is 11.3 Å². The van der Waals surface area contributed by atoms with Crippen LogP contribution in [-0.4, -0.2) is 16.6 Å². The summed E-state index contributed by atoms with van der Waals surface area (Å²) >= 11 is 0. The van der Waals surface area contributed by atoms with Crippen LogP contribution in [0.2, 0.25) is 0 Å². The second-order valence-corrected chi connectivity index (χ2v) is 3.89. The highest BCUT2D eigenvalue weighted by Gasteiger charge is 2.04. The van der Waals surface area contributed by atoms with Gasteiger partial charge in [0.2, 0.25) is 0 Å². The van der Waals surface area contributed by atoms with E-state index in [0.29, 0.717) is 12.4 Å². The molecule has 2 rings (SSSR count). The SMILES string of the molecule is CNc1cc(C)n(Cc2ccccc2)c(=O)n1. The van der Waals surface area contributed by atoms with Gasteiger partial charge in [-0.1, -0.05) is 30.3 Å². The van der Waals surface area contributed by atoms with Gasteiger partial charge in [-0.15, -0.1) is 0 Å². The molecule has 17 heavy (non-hydrogen) atoms. The molecule has 0 atom stereocenters. The smallest absolute Gasteiger partial charge is 0.350 e. The lowest BCUT2D eigenvalue weighted by Crippen LogP contribution is -2.26. The molecule has 0 aliphatic carbocycles. The lowest BCUT2D eigenvalue weighted by atomic mass is 10.2. The molecular formula is C13H15N3O. The second kappa shape index (κ2) is 4.82. The Hall–Kier alpha value is -2.10. The fourth-order valence-corrected chi connectivity index (χ4v) is 1.71. The minimum Gasteiger partial charge on any atom is -0.373 e. The maximum atomic E-state index is 11.8. The molecule has 0 unspecified atom stereocenters. The van der Waals surface area contributed by atoms with Crippen LogP contribution in [0.3, 0.4) is 0 Å². The molecule has 0 bridgehead atoms. The predicted molar refractivity (Wildman–Crippen MR) is 68.3 cm³/mol. The lowest BCUT2D eigenvalue weighted by Gasteiger charge is -2.10. The van der Waals surface area contributed by atoms with Crippen molar-refractivity contribution >= 4 is 5.82 Å². The number of aromatic nitrogens is 2. The minimum absolute atomic E-state index is 0.224. The van der Waals surface area contributed by atoms with Crippen LogP contribution < -0.4 is 11.0 Å². The van der Waals surface area contributed by atoms with Gasteiger partial charge in [-0.2, -0.15) is 4.98 Å². The Balaban J connectivity index is 2.37. The molecule has 4 heteroatoms. The van der Waals surface area contributed by atoms with E-state index in [0.717, 1.165) is 11.3 Å². The molecule has 0 radical (unpaired) electrons. The molecule has 1 aromatic heterocycles. The first-order valence-corrected chi connectivity index (χ1v) is 5.51. The molecular weight excluding hydrogens is 214 g/mol. The van der Waals surface area contributed by atoms with Crippen molar-refractivity contribution in [3.63, 3.8) is 0 Å². The molecule has 0 saturated carbocycles. The second-order valence-electron chi connectivity index (χ2n) is 3.89. The number of rotatable bonds is 3. The van der Waals surface area contributed by atoms with E-state index in [1.165, 1.54) is 0 Å². The quantitative estimate of drug-likeness (QED) is 0.870. The predicted octanol–water partition coefficient (Wildman–Crippen LogP) is 1.64. The zero-order chi connectivity index (χ0) is 12.3. The number of nitrogens with zero attached hydrogens (tertiary/aromatic N) is 2. The maximum Gasteiger partial charge on any atom is 0.350 e. The number of hydrogen-bond donors (Lipinski definition) is 1. The Bertz CT molecular complexity index is 561. The molecule has 0 aliphatic rings. The largest absolute Gasteiger partial charge is 0.373 e. The molecule has 1 heterocycles.